The third-order valence-corrected chi connectivity index (χ3v) is 2.10. The molecule has 0 saturated carbocycles. The number of ether oxygens (including phenoxy) is 1. The van der Waals surface area contributed by atoms with E-state index in [1.54, 1.807) is 31.3 Å². The fourth-order valence-electron chi connectivity index (χ4n) is 1.20. The SMILES string of the molecule is CNC(=O)COc1ccc(-n2cnnn2)cc1. The first kappa shape index (κ1) is 11.1. The summed E-state index contributed by atoms with van der Waals surface area (Å²) in [5.74, 6) is 0.444. The number of carbonyl (C=O) groups excluding carboxylic acids is 1. The highest BCUT2D eigenvalue weighted by molar-refractivity contribution is 5.77. The number of benzene rings is 1. The van der Waals surface area contributed by atoms with E-state index in [0.717, 1.165) is 5.69 Å². The number of likely N-dealkylation sites (N-methyl/N-ethyl adjacent to an activating group) is 1. The van der Waals surface area contributed by atoms with Gasteiger partial charge in [0.2, 0.25) is 0 Å². The molecule has 2 rings (SSSR count). The predicted octanol–water partition coefficient (Wildman–Crippen LogP) is -0.213. The highest BCUT2D eigenvalue weighted by Crippen LogP contribution is 2.13. The third-order valence-electron chi connectivity index (χ3n) is 2.10. The summed E-state index contributed by atoms with van der Waals surface area (Å²) in [6.45, 7) is 0.000722. The van der Waals surface area contributed by atoms with E-state index >= 15 is 0 Å². The van der Waals surface area contributed by atoms with Crippen LogP contribution >= 0.6 is 0 Å². The van der Waals surface area contributed by atoms with Crippen LogP contribution in [0.4, 0.5) is 0 Å². The van der Waals surface area contributed by atoms with E-state index in [-0.39, 0.29) is 12.5 Å². The monoisotopic (exact) mass is 233 g/mol. The van der Waals surface area contributed by atoms with Gasteiger partial charge < -0.3 is 10.1 Å². The van der Waals surface area contributed by atoms with E-state index < -0.39 is 0 Å². The number of nitrogens with zero attached hydrogens (tertiary/aromatic N) is 4. The molecule has 1 aromatic heterocycles. The highest BCUT2D eigenvalue weighted by atomic mass is 16.5. The largest absolute Gasteiger partial charge is 0.484 e. The van der Waals surface area contributed by atoms with E-state index in [1.165, 1.54) is 11.0 Å². The van der Waals surface area contributed by atoms with Gasteiger partial charge in [-0.2, -0.15) is 0 Å². The third kappa shape index (κ3) is 2.77. The first-order valence-corrected chi connectivity index (χ1v) is 4.96. The fourth-order valence-corrected chi connectivity index (χ4v) is 1.20. The lowest BCUT2D eigenvalue weighted by Gasteiger charge is -2.05. The standard InChI is InChI=1S/C10H11N5O2/c1-11-10(16)6-17-9-4-2-8(3-5-9)15-7-12-13-14-15/h2-5,7H,6H2,1H3,(H,11,16). The van der Waals surface area contributed by atoms with E-state index in [2.05, 4.69) is 20.8 Å². The van der Waals surface area contributed by atoms with E-state index in [1.807, 2.05) is 0 Å². The molecule has 0 aliphatic carbocycles. The lowest BCUT2D eigenvalue weighted by atomic mass is 10.3. The van der Waals surface area contributed by atoms with Crippen molar-refractivity contribution < 1.29 is 9.53 Å². The molecule has 0 saturated heterocycles. The number of hydrogen-bond donors (Lipinski definition) is 1. The molecule has 1 heterocycles. The van der Waals surface area contributed by atoms with Gasteiger partial charge in [0.05, 0.1) is 5.69 Å². The van der Waals surface area contributed by atoms with E-state index in [9.17, 15) is 4.79 Å². The van der Waals surface area contributed by atoms with Gasteiger partial charge in [0.1, 0.15) is 12.1 Å². The molecule has 0 spiro atoms. The van der Waals surface area contributed by atoms with Gasteiger partial charge in [-0.25, -0.2) is 4.68 Å². The van der Waals surface area contributed by atoms with Gasteiger partial charge in [0, 0.05) is 7.05 Å². The van der Waals surface area contributed by atoms with Crippen molar-refractivity contribution in [2.24, 2.45) is 0 Å². The molecule has 7 nitrogen and oxygen atoms in total. The maximum absolute atomic E-state index is 11.0. The smallest absolute Gasteiger partial charge is 0.257 e. The van der Waals surface area contributed by atoms with Crippen molar-refractivity contribution in [1.29, 1.82) is 0 Å². The maximum Gasteiger partial charge on any atom is 0.257 e. The zero-order chi connectivity index (χ0) is 12.1. The van der Waals surface area contributed by atoms with E-state index in [0.29, 0.717) is 5.75 Å². The summed E-state index contributed by atoms with van der Waals surface area (Å²) in [5.41, 5.74) is 0.822. The van der Waals surface area contributed by atoms with Crippen molar-refractivity contribution in [3.63, 3.8) is 0 Å². The van der Waals surface area contributed by atoms with Crippen LogP contribution < -0.4 is 10.1 Å². The number of amides is 1. The minimum atomic E-state index is -0.172. The van der Waals surface area contributed by atoms with Gasteiger partial charge in [-0.1, -0.05) is 0 Å². The Balaban J connectivity index is 2.01. The Kier molecular flexibility index (Phi) is 3.29. The van der Waals surface area contributed by atoms with Crippen LogP contribution in [-0.4, -0.2) is 39.8 Å². The molecule has 88 valence electrons. The van der Waals surface area contributed by atoms with Gasteiger partial charge in [-0.3, -0.25) is 4.79 Å². The van der Waals surface area contributed by atoms with Crippen LogP contribution in [0.15, 0.2) is 30.6 Å². The number of tetrazole rings is 1. The molecule has 2 aromatic rings. The Bertz CT molecular complexity index is 480. The summed E-state index contributed by atoms with van der Waals surface area (Å²) in [6.07, 6.45) is 1.50. The second-order valence-corrected chi connectivity index (χ2v) is 3.21. The van der Waals surface area contributed by atoms with Crippen molar-refractivity contribution in [2.75, 3.05) is 13.7 Å². The van der Waals surface area contributed by atoms with Crippen molar-refractivity contribution in [1.82, 2.24) is 25.5 Å². The number of rotatable bonds is 4. The predicted molar refractivity (Wildman–Crippen MR) is 58.7 cm³/mol. The number of carbonyl (C=O) groups is 1. The van der Waals surface area contributed by atoms with Crippen molar-refractivity contribution in [3.8, 4) is 11.4 Å². The maximum atomic E-state index is 11.0. The van der Waals surface area contributed by atoms with Crippen LogP contribution in [0, 0.1) is 0 Å². The van der Waals surface area contributed by atoms with Gasteiger partial charge in [-0.05, 0) is 34.7 Å². The molecular weight excluding hydrogens is 222 g/mol. The first-order chi connectivity index (χ1) is 8.29. The van der Waals surface area contributed by atoms with Crippen molar-refractivity contribution in [2.45, 2.75) is 0 Å². The van der Waals surface area contributed by atoms with Gasteiger partial charge in [-0.15, -0.1) is 5.10 Å². The molecule has 7 heteroatoms. The number of hydrogen-bond acceptors (Lipinski definition) is 5. The van der Waals surface area contributed by atoms with Crippen LogP contribution in [0.5, 0.6) is 5.75 Å². The quantitative estimate of drug-likeness (QED) is 0.790. The Morgan fingerprint density at radius 1 is 1.41 bits per heavy atom. The molecule has 1 amide bonds. The molecule has 0 bridgehead atoms. The highest BCUT2D eigenvalue weighted by Gasteiger charge is 2.01. The van der Waals surface area contributed by atoms with Crippen LogP contribution in [0.2, 0.25) is 0 Å². The Morgan fingerprint density at radius 2 is 2.18 bits per heavy atom. The zero-order valence-electron chi connectivity index (χ0n) is 9.20. The van der Waals surface area contributed by atoms with Crippen LogP contribution in [0.3, 0.4) is 0 Å². The number of aromatic nitrogens is 4. The summed E-state index contributed by atoms with van der Waals surface area (Å²) in [6, 6.07) is 7.10. The van der Waals surface area contributed by atoms with Gasteiger partial charge >= 0.3 is 0 Å². The lowest BCUT2D eigenvalue weighted by Crippen LogP contribution is -2.24. The van der Waals surface area contributed by atoms with Crippen molar-refractivity contribution >= 4 is 5.91 Å². The molecule has 0 unspecified atom stereocenters. The summed E-state index contributed by atoms with van der Waals surface area (Å²) < 4.78 is 6.79. The van der Waals surface area contributed by atoms with Gasteiger partial charge in [0.15, 0.2) is 6.61 Å². The Morgan fingerprint density at radius 3 is 2.76 bits per heavy atom. The van der Waals surface area contributed by atoms with Crippen LogP contribution in [0.1, 0.15) is 0 Å². The summed E-state index contributed by atoms with van der Waals surface area (Å²) in [5, 5.41) is 13.3. The topological polar surface area (TPSA) is 81.9 Å². The molecule has 0 aliphatic heterocycles. The molecule has 1 aromatic carbocycles. The molecule has 0 aliphatic rings. The summed E-state index contributed by atoms with van der Waals surface area (Å²) in [7, 11) is 1.56. The van der Waals surface area contributed by atoms with Crippen molar-refractivity contribution in [3.05, 3.63) is 30.6 Å². The minimum absolute atomic E-state index is 0.000722. The summed E-state index contributed by atoms with van der Waals surface area (Å²) >= 11 is 0. The van der Waals surface area contributed by atoms with Gasteiger partial charge in [0.25, 0.3) is 5.91 Å². The average Bonchev–Trinajstić information content (AvgIpc) is 2.90. The first-order valence-electron chi connectivity index (χ1n) is 4.96. The fraction of sp³-hybridized carbons (Fsp3) is 0.200. The zero-order valence-corrected chi connectivity index (χ0v) is 9.20. The molecule has 0 radical (unpaired) electrons. The molecular formula is C10H11N5O2. The molecule has 0 fully saturated rings. The summed E-state index contributed by atoms with van der Waals surface area (Å²) in [4.78, 5) is 11.0. The molecule has 1 N–H and O–H groups in total. The Hall–Kier alpha value is -2.44. The second kappa shape index (κ2) is 5.06. The van der Waals surface area contributed by atoms with Crippen LogP contribution in [0.25, 0.3) is 5.69 Å². The second-order valence-electron chi connectivity index (χ2n) is 3.21. The van der Waals surface area contributed by atoms with E-state index in [4.69, 9.17) is 4.74 Å². The van der Waals surface area contributed by atoms with Crippen LogP contribution in [-0.2, 0) is 4.79 Å². The number of nitrogens with one attached hydrogen (secondary N) is 1. The molecule has 17 heavy (non-hydrogen) atoms. The Labute approximate surface area is 97.4 Å². The molecule has 0 atom stereocenters. The lowest BCUT2D eigenvalue weighted by molar-refractivity contribution is -0.122. The normalized spacial score (nSPS) is 9.94. The average molecular weight is 233 g/mol. The minimum Gasteiger partial charge on any atom is -0.484 e.